The summed E-state index contributed by atoms with van der Waals surface area (Å²) in [6, 6.07) is 9.06. The summed E-state index contributed by atoms with van der Waals surface area (Å²) in [5, 5.41) is 27.5. The summed E-state index contributed by atoms with van der Waals surface area (Å²) in [7, 11) is 0. The lowest BCUT2D eigenvalue weighted by Gasteiger charge is -2.10. The number of hydrogen-bond donors (Lipinski definition) is 4. The van der Waals surface area contributed by atoms with Gasteiger partial charge >= 0.3 is 11.9 Å². The molecule has 4 N–H and O–H groups in total. The number of benzene rings is 1. The first-order valence-corrected chi connectivity index (χ1v) is 6.83. The van der Waals surface area contributed by atoms with Gasteiger partial charge < -0.3 is 15.3 Å². The van der Waals surface area contributed by atoms with E-state index >= 15 is 0 Å². The lowest BCUT2D eigenvalue weighted by molar-refractivity contribution is -0.152. The van der Waals surface area contributed by atoms with E-state index in [1.807, 2.05) is 0 Å². The smallest absolute Gasteiger partial charge is 0.333 e. The van der Waals surface area contributed by atoms with Crippen LogP contribution in [0.4, 0.5) is 0 Å². The zero-order valence-electron chi connectivity index (χ0n) is 12.0. The molecule has 2 rings (SSSR count). The van der Waals surface area contributed by atoms with Crippen LogP contribution >= 0.6 is 0 Å². The fourth-order valence-corrected chi connectivity index (χ4v) is 2.20. The van der Waals surface area contributed by atoms with Gasteiger partial charge in [0.25, 0.3) is 0 Å². The molecular formula is C16H19NO5. The van der Waals surface area contributed by atoms with Crippen molar-refractivity contribution in [2.24, 2.45) is 0 Å². The number of aryl methyl sites for hydroxylation is 1. The van der Waals surface area contributed by atoms with Crippen LogP contribution in [0.1, 0.15) is 30.0 Å². The van der Waals surface area contributed by atoms with Crippen LogP contribution in [0.3, 0.4) is 0 Å². The Bertz CT molecular complexity index is 564. The highest BCUT2D eigenvalue weighted by Gasteiger charge is 2.20. The van der Waals surface area contributed by atoms with E-state index in [1.165, 1.54) is 24.0 Å². The number of carbonyl (C=O) groups is 2. The van der Waals surface area contributed by atoms with Crippen LogP contribution in [0.5, 0.6) is 0 Å². The molecular weight excluding hydrogens is 286 g/mol. The van der Waals surface area contributed by atoms with E-state index in [9.17, 15) is 9.59 Å². The van der Waals surface area contributed by atoms with Gasteiger partial charge in [-0.3, -0.25) is 10.1 Å². The fraction of sp³-hybridized carbons (Fsp3) is 0.375. The predicted molar refractivity (Wildman–Crippen MR) is 80.2 cm³/mol. The Kier molecular flexibility index (Phi) is 7.09. The summed E-state index contributed by atoms with van der Waals surface area (Å²) in [6.07, 6.45) is 5.03. The van der Waals surface area contributed by atoms with Crippen molar-refractivity contribution < 1.29 is 24.9 Å². The maximum absolute atomic E-state index is 9.72. The van der Waals surface area contributed by atoms with E-state index in [4.69, 9.17) is 21.7 Å². The molecule has 0 aliphatic heterocycles. The van der Waals surface area contributed by atoms with E-state index in [0.717, 1.165) is 0 Å². The number of hydrogen-bond acceptors (Lipinski definition) is 4. The summed E-state index contributed by atoms with van der Waals surface area (Å²) in [6.45, 7) is 0.666. The zero-order valence-corrected chi connectivity index (χ0v) is 12.0. The molecule has 1 aliphatic rings. The third-order valence-electron chi connectivity index (χ3n) is 3.24. The Balaban J connectivity index is 0.000000239. The molecule has 0 fully saturated rings. The van der Waals surface area contributed by atoms with Gasteiger partial charge in [-0.05, 0) is 24.0 Å². The second-order valence-electron chi connectivity index (χ2n) is 4.83. The quantitative estimate of drug-likeness (QED) is 0.600. The molecule has 0 saturated carbocycles. The lowest BCUT2D eigenvalue weighted by atomic mass is 10.1. The number of fused-ring (bicyclic) bond motifs is 1. The summed E-state index contributed by atoms with van der Waals surface area (Å²) in [5.41, 5.74) is 2.90. The molecule has 0 saturated heterocycles. The fourth-order valence-electron chi connectivity index (χ4n) is 2.20. The van der Waals surface area contributed by atoms with E-state index in [0.29, 0.717) is 12.6 Å². The SMILES string of the molecule is C#CCN[C@@H]1CCc2ccccc21.O=C(O)CC(O)C(=O)O. The Morgan fingerprint density at radius 3 is 2.59 bits per heavy atom. The molecule has 6 nitrogen and oxygen atoms in total. The molecule has 1 aromatic carbocycles. The molecule has 2 atom stereocenters. The van der Waals surface area contributed by atoms with Gasteiger partial charge in [-0.25, -0.2) is 4.79 Å². The van der Waals surface area contributed by atoms with Crippen molar-refractivity contribution in [1.82, 2.24) is 5.32 Å². The Hall–Kier alpha value is -2.36. The van der Waals surface area contributed by atoms with Crippen molar-refractivity contribution in [1.29, 1.82) is 0 Å². The van der Waals surface area contributed by atoms with Crippen molar-refractivity contribution in [3.8, 4) is 12.3 Å². The topological polar surface area (TPSA) is 107 Å². The molecule has 0 aromatic heterocycles. The molecule has 0 radical (unpaired) electrons. The first kappa shape index (κ1) is 17.7. The van der Waals surface area contributed by atoms with Crippen LogP contribution in [-0.2, 0) is 16.0 Å². The summed E-state index contributed by atoms with van der Waals surface area (Å²) in [4.78, 5) is 19.4. The average molecular weight is 305 g/mol. The van der Waals surface area contributed by atoms with Gasteiger partial charge in [-0.15, -0.1) is 6.42 Å². The minimum Gasteiger partial charge on any atom is -0.481 e. The molecule has 0 amide bonds. The number of aliphatic hydroxyl groups is 1. The number of nitrogens with one attached hydrogen (secondary N) is 1. The second-order valence-corrected chi connectivity index (χ2v) is 4.83. The third kappa shape index (κ3) is 5.56. The normalized spacial score (nSPS) is 16.6. The second kappa shape index (κ2) is 8.82. The first-order valence-electron chi connectivity index (χ1n) is 6.83. The Morgan fingerprint density at radius 2 is 2.05 bits per heavy atom. The minimum absolute atomic E-state index is 0.479. The number of carboxylic acids is 2. The van der Waals surface area contributed by atoms with Gasteiger partial charge in [-0.2, -0.15) is 0 Å². The van der Waals surface area contributed by atoms with E-state index in [1.54, 1.807) is 0 Å². The van der Waals surface area contributed by atoms with Gasteiger partial charge in [0, 0.05) is 6.04 Å². The van der Waals surface area contributed by atoms with Crippen LogP contribution in [0.25, 0.3) is 0 Å². The molecule has 1 aliphatic carbocycles. The maximum atomic E-state index is 9.72. The van der Waals surface area contributed by atoms with Crippen LogP contribution in [-0.4, -0.2) is 39.9 Å². The van der Waals surface area contributed by atoms with Crippen LogP contribution in [0.15, 0.2) is 24.3 Å². The predicted octanol–water partition coefficient (Wildman–Crippen LogP) is 0.803. The highest BCUT2D eigenvalue weighted by Crippen LogP contribution is 2.30. The van der Waals surface area contributed by atoms with Crippen molar-refractivity contribution in [3.05, 3.63) is 35.4 Å². The molecule has 22 heavy (non-hydrogen) atoms. The standard InChI is InChI=1S/C12H13N.C4H6O5/c1-2-9-13-12-8-7-10-5-3-4-6-11(10)12;5-2(4(8)9)1-3(6)7/h1,3-6,12-13H,7-9H2;2,5H,1H2,(H,6,7)(H,8,9)/t12-;/m1./s1. The van der Waals surface area contributed by atoms with E-state index < -0.39 is 24.5 Å². The minimum atomic E-state index is -1.79. The van der Waals surface area contributed by atoms with E-state index in [-0.39, 0.29) is 0 Å². The molecule has 6 heteroatoms. The molecule has 0 bridgehead atoms. The maximum Gasteiger partial charge on any atom is 0.333 e. The molecule has 1 aromatic rings. The molecule has 118 valence electrons. The summed E-state index contributed by atoms with van der Waals surface area (Å²) >= 11 is 0. The van der Waals surface area contributed by atoms with Crippen LogP contribution < -0.4 is 5.32 Å². The Morgan fingerprint density at radius 1 is 1.36 bits per heavy atom. The number of aliphatic hydroxyl groups excluding tert-OH is 1. The lowest BCUT2D eigenvalue weighted by Crippen LogP contribution is -2.22. The van der Waals surface area contributed by atoms with Crippen LogP contribution in [0, 0.1) is 12.3 Å². The van der Waals surface area contributed by atoms with Crippen molar-refractivity contribution in [3.63, 3.8) is 0 Å². The highest BCUT2D eigenvalue weighted by atomic mass is 16.4. The molecule has 1 unspecified atom stereocenters. The summed E-state index contributed by atoms with van der Waals surface area (Å²) < 4.78 is 0. The average Bonchev–Trinajstić information content (AvgIpc) is 2.88. The number of carboxylic acid groups (broad SMARTS) is 2. The molecule has 0 spiro atoms. The highest BCUT2D eigenvalue weighted by molar-refractivity contribution is 5.79. The first-order chi connectivity index (χ1) is 10.5. The third-order valence-corrected chi connectivity index (χ3v) is 3.24. The van der Waals surface area contributed by atoms with Gasteiger partial charge in [0.1, 0.15) is 0 Å². The Labute approximate surface area is 128 Å². The largest absolute Gasteiger partial charge is 0.481 e. The zero-order chi connectivity index (χ0) is 16.5. The number of rotatable bonds is 5. The van der Waals surface area contributed by atoms with Crippen LogP contribution in [0.2, 0.25) is 0 Å². The molecule has 0 heterocycles. The van der Waals surface area contributed by atoms with Gasteiger partial charge in [0.05, 0.1) is 13.0 Å². The van der Waals surface area contributed by atoms with Gasteiger partial charge in [0.15, 0.2) is 6.10 Å². The van der Waals surface area contributed by atoms with Gasteiger partial charge in [0.2, 0.25) is 0 Å². The summed E-state index contributed by atoms with van der Waals surface area (Å²) in [5.74, 6) is -0.231. The monoisotopic (exact) mass is 305 g/mol. The van der Waals surface area contributed by atoms with E-state index in [2.05, 4.69) is 35.5 Å². The van der Waals surface area contributed by atoms with Gasteiger partial charge in [-0.1, -0.05) is 30.2 Å². The van der Waals surface area contributed by atoms with Crippen molar-refractivity contribution >= 4 is 11.9 Å². The number of terminal acetylenes is 1. The van der Waals surface area contributed by atoms with Crippen molar-refractivity contribution in [2.45, 2.75) is 31.4 Å². The number of aliphatic carboxylic acids is 2. The van der Waals surface area contributed by atoms with Crippen molar-refractivity contribution in [2.75, 3.05) is 6.54 Å².